The van der Waals surface area contributed by atoms with Crippen LogP contribution >= 0.6 is 11.9 Å². The summed E-state index contributed by atoms with van der Waals surface area (Å²) in [4.78, 5) is 23.2. The molecule has 5 nitrogen and oxygen atoms in total. The van der Waals surface area contributed by atoms with Gasteiger partial charge in [0.25, 0.3) is 5.91 Å². The molecule has 126 valence electrons. The molecular weight excluding hydrogens is 351 g/mol. The Morgan fingerprint density at radius 3 is 2.25 bits per heavy atom. The maximum absolute atomic E-state index is 12.7. The number of alkyl halides is 3. The van der Waals surface area contributed by atoms with E-state index in [0.29, 0.717) is 12.1 Å². The number of phenolic OH excluding ortho intramolecular Hbond substituents is 1. The molecular formula is C15H9ClF3NO4. The molecule has 0 aliphatic heterocycles. The Bertz CT molecular complexity index is 775. The van der Waals surface area contributed by atoms with Crippen molar-refractivity contribution < 1.29 is 32.2 Å². The SMILES string of the molecule is O=C(OCl)c1ccc(NC(=O)c2cc(C(F)(F)F)ccc2O)cc1. The first-order valence-corrected chi connectivity index (χ1v) is 6.68. The van der Waals surface area contributed by atoms with E-state index in [1.807, 2.05) is 0 Å². The van der Waals surface area contributed by atoms with Crippen LogP contribution in [0.3, 0.4) is 0 Å². The molecule has 0 aromatic heterocycles. The van der Waals surface area contributed by atoms with Crippen LogP contribution in [0, 0.1) is 0 Å². The van der Waals surface area contributed by atoms with Gasteiger partial charge in [-0.25, -0.2) is 4.79 Å². The lowest BCUT2D eigenvalue weighted by Gasteiger charge is -2.11. The van der Waals surface area contributed by atoms with Gasteiger partial charge in [-0.15, -0.1) is 0 Å². The summed E-state index contributed by atoms with van der Waals surface area (Å²) in [5.41, 5.74) is -1.28. The molecule has 0 fully saturated rings. The number of carbonyl (C=O) groups is 2. The number of aromatic hydroxyl groups is 1. The fourth-order valence-electron chi connectivity index (χ4n) is 1.83. The van der Waals surface area contributed by atoms with Gasteiger partial charge >= 0.3 is 12.1 Å². The third kappa shape index (κ3) is 3.96. The van der Waals surface area contributed by atoms with Gasteiger partial charge in [0.1, 0.15) is 17.6 Å². The molecule has 0 saturated heterocycles. The van der Waals surface area contributed by atoms with Gasteiger partial charge in [0.05, 0.1) is 16.7 Å². The van der Waals surface area contributed by atoms with Gasteiger partial charge in [0.15, 0.2) is 0 Å². The second-order valence-corrected chi connectivity index (χ2v) is 4.78. The molecule has 0 radical (unpaired) electrons. The summed E-state index contributed by atoms with van der Waals surface area (Å²) in [6, 6.07) is 7.25. The van der Waals surface area contributed by atoms with E-state index in [1.54, 1.807) is 0 Å². The number of anilines is 1. The lowest BCUT2D eigenvalue weighted by molar-refractivity contribution is -0.137. The number of carbonyl (C=O) groups excluding carboxylic acids is 2. The smallest absolute Gasteiger partial charge is 0.416 e. The molecule has 0 bridgehead atoms. The zero-order chi connectivity index (χ0) is 17.9. The fourth-order valence-corrected chi connectivity index (χ4v) is 1.92. The summed E-state index contributed by atoms with van der Waals surface area (Å²) < 4.78 is 42.0. The van der Waals surface area contributed by atoms with Crippen molar-refractivity contribution >= 4 is 29.4 Å². The summed E-state index contributed by atoms with van der Waals surface area (Å²) in [5, 5.41) is 11.9. The number of benzene rings is 2. The number of nitrogens with one attached hydrogen (secondary N) is 1. The Kier molecular flexibility index (Phi) is 4.99. The number of halogens is 4. The highest BCUT2D eigenvalue weighted by molar-refractivity contribution is 6.15. The van der Waals surface area contributed by atoms with E-state index in [9.17, 15) is 27.9 Å². The predicted molar refractivity (Wildman–Crippen MR) is 78.8 cm³/mol. The topological polar surface area (TPSA) is 75.6 Å². The highest BCUT2D eigenvalue weighted by Gasteiger charge is 2.31. The van der Waals surface area contributed by atoms with Crippen LogP contribution in [0.1, 0.15) is 26.3 Å². The van der Waals surface area contributed by atoms with Gasteiger partial charge in [0.2, 0.25) is 0 Å². The average molecular weight is 360 g/mol. The van der Waals surface area contributed by atoms with Gasteiger partial charge in [-0.3, -0.25) is 4.79 Å². The second kappa shape index (κ2) is 6.79. The third-order valence-electron chi connectivity index (χ3n) is 3.02. The Morgan fingerprint density at radius 1 is 1.08 bits per heavy atom. The monoisotopic (exact) mass is 359 g/mol. The second-order valence-electron chi connectivity index (χ2n) is 4.63. The van der Waals surface area contributed by atoms with E-state index in [1.165, 1.54) is 24.3 Å². The Morgan fingerprint density at radius 2 is 1.71 bits per heavy atom. The van der Waals surface area contributed by atoms with Crippen LogP contribution in [0.25, 0.3) is 0 Å². The lowest BCUT2D eigenvalue weighted by Crippen LogP contribution is -2.14. The highest BCUT2D eigenvalue weighted by Crippen LogP contribution is 2.32. The molecule has 0 aliphatic rings. The third-order valence-corrected chi connectivity index (χ3v) is 3.16. The summed E-state index contributed by atoms with van der Waals surface area (Å²) >= 11 is 4.92. The van der Waals surface area contributed by atoms with Crippen LogP contribution < -0.4 is 5.32 Å². The van der Waals surface area contributed by atoms with Crippen LogP contribution in [0.2, 0.25) is 0 Å². The Labute approximate surface area is 138 Å². The van der Waals surface area contributed by atoms with Crippen LogP contribution in [0.5, 0.6) is 5.75 Å². The average Bonchev–Trinajstić information content (AvgIpc) is 2.54. The summed E-state index contributed by atoms with van der Waals surface area (Å²) in [5.74, 6) is -2.33. The molecule has 0 atom stereocenters. The van der Waals surface area contributed by atoms with Crippen LogP contribution in [-0.2, 0) is 10.5 Å². The molecule has 2 aromatic rings. The normalized spacial score (nSPS) is 11.0. The largest absolute Gasteiger partial charge is 0.507 e. The Balaban J connectivity index is 2.22. The van der Waals surface area contributed by atoms with E-state index >= 15 is 0 Å². The highest BCUT2D eigenvalue weighted by atomic mass is 35.5. The van der Waals surface area contributed by atoms with Gasteiger partial charge in [-0.05, 0) is 42.5 Å². The van der Waals surface area contributed by atoms with E-state index in [0.717, 1.165) is 6.07 Å². The molecule has 0 aliphatic carbocycles. The van der Waals surface area contributed by atoms with Crippen LogP contribution in [0.15, 0.2) is 42.5 Å². The van der Waals surface area contributed by atoms with Crippen molar-refractivity contribution in [3.8, 4) is 5.75 Å². The van der Waals surface area contributed by atoms with E-state index in [2.05, 4.69) is 9.61 Å². The maximum atomic E-state index is 12.7. The standard InChI is InChI=1S/C15H9ClF3NO4/c16-24-14(23)8-1-4-10(5-2-8)20-13(22)11-7-9(15(17,18)19)3-6-12(11)21/h1-7,21H,(H,20,22). The maximum Gasteiger partial charge on any atom is 0.416 e. The Hall–Kier alpha value is -2.74. The molecule has 0 heterocycles. The predicted octanol–water partition coefficient (Wildman–Crippen LogP) is 3.97. The van der Waals surface area contributed by atoms with Gasteiger partial charge < -0.3 is 14.7 Å². The van der Waals surface area contributed by atoms with Gasteiger partial charge in [0, 0.05) is 5.69 Å². The molecule has 2 rings (SSSR count). The molecule has 24 heavy (non-hydrogen) atoms. The minimum Gasteiger partial charge on any atom is -0.507 e. The summed E-state index contributed by atoms with van der Waals surface area (Å²) in [6.45, 7) is 0. The van der Waals surface area contributed by atoms with Crippen molar-refractivity contribution in [2.24, 2.45) is 0 Å². The molecule has 0 saturated carbocycles. The molecule has 0 spiro atoms. The molecule has 0 unspecified atom stereocenters. The number of rotatable bonds is 3. The van der Waals surface area contributed by atoms with Crippen LogP contribution in [-0.4, -0.2) is 17.0 Å². The van der Waals surface area contributed by atoms with Gasteiger partial charge in [-0.1, -0.05) is 0 Å². The molecule has 2 aromatic carbocycles. The number of amides is 1. The number of hydrogen-bond donors (Lipinski definition) is 2. The summed E-state index contributed by atoms with van der Waals surface area (Å²) in [7, 11) is 0. The summed E-state index contributed by atoms with van der Waals surface area (Å²) in [6.07, 6.45) is -4.65. The van der Waals surface area contributed by atoms with Gasteiger partial charge in [-0.2, -0.15) is 13.2 Å². The van der Waals surface area contributed by atoms with E-state index in [4.69, 9.17) is 11.9 Å². The van der Waals surface area contributed by atoms with Crippen molar-refractivity contribution in [3.05, 3.63) is 59.2 Å². The zero-order valence-electron chi connectivity index (χ0n) is 11.7. The first-order valence-electron chi connectivity index (χ1n) is 6.37. The van der Waals surface area contributed by atoms with Crippen molar-refractivity contribution in [2.45, 2.75) is 6.18 Å². The van der Waals surface area contributed by atoms with Crippen molar-refractivity contribution in [2.75, 3.05) is 5.32 Å². The van der Waals surface area contributed by atoms with E-state index < -0.39 is 34.9 Å². The zero-order valence-corrected chi connectivity index (χ0v) is 12.5. The number of phenols is 1. The number of hydrogen-bond acceptors (Lipinski definition) is 4. The van der Waals surface area contributed by atoms with Crippen molar-refractivity contribution in [3.63, 3.8) is 0 Å². The van der Waals surface area contributed by atoms with E-state index in [-0.39, 0.29) is 11.3 Å². The first-order chi connectivity index (χ1) is 11.2. The molecule has 2 N–H and O–H groups in total. The molecule has 1 amide bonds. The quantitative estimate of drug-likeness (QED) is 0.869. The fraction of sp³-hybridized carbons (Fsp3) is 0.0667. The molecule has 9 heteroatoms. The van der Waals surface area contributed by atoms with Crippen molar-refractivity contribution in [1.82, 2.24) is 0 Å². The first kappa shape index (κ1) is 17.6. The minimum atomic E-state index is -4.65. The van der Waals surface area contributed by atoms with Crippen molar-refractivity contribution in [1.29, 1.82) is 0 Å². The van der Waals surface area contributed by atoms with Crippen LogP contribution in [0.4, 0.5) is 18.9 Å². The minimum absolute atomic E-state index is 0.116. The lowest BCUT2D eigenvalue weighted by atomic mass is 10.1.